The number of hydrogen-bond donors (Lipinski definition) is 1. The van der Waals surface area contributed by atoms with Gasteiger partial charge in [0.15, 0.2) is 0 Å². The van der Waals surface area contributed by atoms with Crippen LogP contribution in [0.1, 0.15) is 26.2 Å². The first kappa shape index (κ1) is 13.1. The van der Waals surface area contributed by atoms with Crippen LogP contribution in [0.15, 0.2) is 23.8 Å². The van der Waals surface area contributed by atoms with Gasteiger partial charge in [0.1, 0.15) is 6.04 Å². The van der Waals surface area contributed by atoms with Gasteiger partial charge in [-0.2, -0.15) is 5.06 Å². The Morgan fingerprint density at radius 3 is 2.80 bits per heavy atom. The summed E-state index contributed by atoms with van der Waals surface area (Å²) < 4.78 is 0. The van der Waals surface area contributed by atoms with E-state index in [4.69, 9.17) is 0 Å². The lowest BCUT2D eigenvalue weighted by Crippen LogP contribution is -2.54. The number of piperidine rings is 1. The molecule has 3 rings (SSSR count). The Hall–Kier alpha value is -1.95. The fourth-order valence-corrected chi connectivity index (χ4v) is 3.12. The van der Waals surface area contributed by atoms with Crippen LogP contribution >= 0.6 is 0 Å². The van der Waals surface area contributed by atoms with Gasteiger partial charge in [0.25, 0.3) is 11.8 Å². The average Bonchev–Trinajstić information content (AvgIpc) is 2.69. The highest BCUT2D eigenvalue weighted by Crippen LogP contribution is 2.43. The molecule has 3 aliphatic rings. The van der Waals surface area contributed by atoms with Crippen molar-refractivity contribution < 1.29 is 19.6 Å². The van der Waals surface area contributed by atoms with Crippen molar-refractivity contribution in [1.29, 1.82) is 0 Å². The van der Waals surface area contributed by atoms with E-state index in [0.29, 0.717) is 13.0 Å². The van der Waals surface area contributed by atoms with Crippen molar-refractivity contribution in [3.8, 4) is 0 Å². The summed E-state index contributed by atoms with van der Waals surface area (Å²) in [6, 6.07) is -0.742. The van der Waals surface area contributed by atoms with Crippen molar-refractivity contribution in [2.75, 3.05) is 6.54 Å². The number of hydroxylamine groups is 2. The van der Waals surface area contributed by atoms with E-state index in [1.165, 1.54) is 4.90 Å². The molecule has 6 heteroatoms. The standard InChI is InChI=1S/C14H16N2O4/c1-14-7-3-2-4-9(14)8-15(13(14)19)10-5-6-11(17)16(20)12(10)18/h2-4,10,20H,5-8H2,1H3. The van der Waals surface area contributed by atoms with E-state index in [1.807, 2.05) is 25.2 Å². The largest absolute Gasteiger partial charge is 0.326 e. The predicted octanol–water partition coefficient (Wildman–Crippen LogP) is 0.628. The van der Waals surface area contributed by atoms with Gasteiger partial charge in [-0.1, -0.05) is 18.2 Å². The second-order valence-corrected chi connectivity index (χ2v) is 5.69. The Bertz CT molecular complexity index is 566. The van der Waals surface area contributed by atoms with E-state index in [0.717, 1.165) is 5.57 Å². The van der Waals surface area contributed by atoms with Gasteiger partial charge in [-0.05, 0) is 25.3 Å². The molecule has 0 spiro atoms. The van der Waals surface area contributed by atoms with Crippen LogP contribution in [-0.2, 0) is 14.4 Å². The van der Waals surface area contributed by atoms with Crippen LogP contribution in [0, 0.1) is 5.41 Å². The minimum atomic E-state index is -0.742. The minimum absolute atomic E-state index is 0.0741. The molecule has 2 aliphatic heterocycles. The highest BCUT2D eigenvalue weighted by molar-refractivity contribution is 6.02. The van der Waals surface area contributed by atoms with E-state index in [9.17, 15) is 19.6 Å². The summed E-state index contributed by atoms with van der Waals surface area (Å²) in [7, 11) is 0. The highest BCUT2D eigenvalue weighted by atomic mass is 16.5. The number of hydrogen-bond acceptors (Lipinski definition) is 4. The van der Waals surface area contributed by atoms with Crippen LogP contribution in [0.25, 0.3) is 0 Å². The molecule has 0 saturated carbocycles. The minimum Gasteiger partial charge on any atom is -0.326 e. The van der Waals surface area contributed by atoms with Crippen LogP contribution in [0.4, 0.5) is 0 Å². The topological polar surface area (TPSA) is 77.9 Å². The van der Waals surface area contributed by atoms with Crippen LogP contribution in [0.5, 0.6) is 0 Å². The smallest absolute Gasteiger partial charge is 0.276 e. The number of allylic oxidation sites excluding steroid dienone is 3. The molecule has 0 bridgehead atoms. The van der Waals surface area contributed by atoms with Gasteiger partial charge in [-0.3, -0.25) is 19.6 Å². The first-order chi connectivity index (χ1) is 9.45. The van der Waals surface area contributed by atoms with Crippen LogP contribution in [0.3, 0.4) is 0 Å². The van der Waals surface area contributed by atoms with Crippen molar-refractivity contribution in [3.63, 3.8) is 0 Å². The van der Waals surface area contributed by atoms with E-state index in [-0.39, 0.29) is 23.8 Å². The van der Waals surface area contributed by atoms with Crippen molar-refractivity contribution in [3.05, 3.63) is 23.8 Å². The number of likely N-dealkylation sites (tertiary alicyclic amines) is 1. The number of nitrogens with zero attached hydrogens (tertiary/aromatic N) is 2. The monoisotopic (exact) mass is 276 g/mol. The Morgan fingerprint density at radius 2 is 2.10 bits per heavy atom. The zero-order chi connectivity index (χ0) is 14.5. The molecule has 2 atom stereocenters. The van der Waals surface area contributed by atoms with E-state index < -0.39 is 23.3 Å². The van der Waals surface area contributed by atoms with E-state index in [1.54, 1.807) is 0 Å². The van der Waals surface area contributed by atoms with Gasteiger partial charge in [0, 0.05) is 13.0 Å². The molecule has 6 nitrogen and oxygen atoms in total. The van der Waals surface area contributed by atoms with Gasteiger partial charge in [-0.15, -0.1) is 0 Å². The van der Waals surface area contributed by atoms with Crippen LogP contribution < -0.4 is 0 Å². The third-order valence-corrected chi connectivity index (χ3v) is 4.48. The van der Waals surface area contributed by atoms with Gasteiger partial charge in [0.2, 0.25) is 5.91 Å². The van der Waals surface area contributed by atoms with Crippen molar-refractivity contribution in [2.24, 2.45) is 5.41 Å². The maximum absolute atomic E-state index is 12.6. The lowest BCUT2D eigenvalue weighted by atomic mass is 9.78. The molecule has 3 amide bonds. The summed E-state index contributed by atoms with van der Waals surface area (Å²) in [6.45, 7) is 2.26. The van der Waals surface area contributed by atoms with Crippen molar-refractivity contribution in [1.82, 2.24) is 9.96 Å². The Balaban J connectivity index is 1.88. The van der Waals surface area contributed by atoms with Gasteiger partial charge in [0.05, 0.1) is 5.41 Å². The molecule has 1 N–H and O–H groups in total. The number of imide groups is 1. The average molecular weight is 276 g/mol. The van der Waals surface area contributed by atoms with Crippen LogP contribution in [-0.4, -0.2) is 45.5 Å². The predicted molar refractivity (Wildman–Crippen MR) is 68.3 cm³/mol. The SMILES string of the molecule is CC12CC=CC=C1CN(C1CCC(=O)N(O)C1=O)C2=O. The van der Waals surface area contributed by atoms with Gasteiger partial charge in [-0.25, -0.2) is 0 Å². The summed E-state index contributed by atoms with van der Waals surface area (Å²) in [4.78, 5) is 37.4. The second-order valence-electron chi connectivity index (χ2n) is 5.69. The molecule has 1 aliphatic carbocycles. The van der Waals surface area contributed by atoms with Crippen molar-refractivity contribution >= 4 is 17.7 Å². The van der Waals surface area contributed by atoms with Crippen molar-refractivity contribution in [2.45, 2.75) is 32.2 Å². The Labute approximate surface area is 116 Å². The third-order valence-electron chi connectivity index (χ3n) is 4.48. The Morgan fingerprint density at radius 1 is 1.35 bits per heavy atom. The first-order valence-electron chi connectivity index (χ1n) is 6.68. The molecule has 2 fully saturated rings. The second kappa shape index (κ2) is 4.28. The molecular formula is C14H16N2O4. The molecule has 20 heavy (non-hydrogen) atoms. The quantitative estimate of drug-likeness (QED) is 0.563. The number of carbonyl (C=O) groups excluding carboxylic acids is 3. The molecule has 0 aromatic heterocycles. The van der Waals surface area contributed by atoms with E-state index >= 15 is 0 Å². The summed E-state index contributed by atoms with van der Waals surface area (Å²) in [5.41, 5.74) is 0.399. The number of rotatable bonds is 1. The molecular weight excluding hydrogens is 260 g/mol. The molecule has 2 unspecified atom stereocenters. The zero-order valence-corrected chi connectivity index (χ0v) is 11.2. The number of carbonyl (C=O) groups is 3. The fourth-order valence-electron chi connectivity index (χ4n) is 3.12. The molecule has 106 valence electrons. The molecule has 0 radical (unpaired) electrons. The number of amides is 3. The summed E-state index contributed by atoms with van der Waals surface area (Å²) in [5.74, 6) is -1.41. The molecule has 2 saturated heterocycles. The Kier molecular flexibility index (Phi) is 2.79. The highest BCUT2D eigenvalue weighted by Gasteiger charge is 2.51. The molecule has 2 heterocycles. The summed E-state index contributed by atoms with van der Waals surface area (Å²) in [6.07, 6.45) is 6.74. The normalized spacial score (nSPS) is 33.6. The lowest BCUT2D eigenvalue weighted by Gasteiger charge is -2.33. The lowest BCUT2D eigenvalue weighted by molar-refractivity contribution is -0.188. The molecule has 0 aromatic rings. The van der Waals surface area contributed by atoms with E-state index in [2.05, 4.69) is 0 Å². The number of fused-ring (bicyclic) bond motifs is 1. The zero-order valence-electron chi connectivity index (χ0n) is 11.2. The maximum Gasteiger partial charge on any atom is 0.276 e. The summed E-state index contributed by atoms with van der Waals surface area (Å²) in [5, 5.41) is 9.61. The third kappa shape index (κ3) is 1.64. The molecule has 0 aromatic carbocycles. The maximum atomic E-state index is 12.6. The fraction of sp³-hybridized carbons (Fsp3) is 0.500. The van der Waals surface area contributed by atoms with Gasteiger partial charge >= 0.3 is 0 Å². The van der Waals surface area contributed by atoms with Crippen LogP contribution in [0.2, 0.25) is 0 Å². The summed E-state index contributed by atoms with van der Waals surface area (Å²) >= 11 is 0. The van der Waals surface area contributed by atoms with Gasteiger partial charge < -0.3 is 4.90 Å². The first-order valence-corrected chi connectivity index (χ1v) is 6.68.